The second-order valence-corrected chi connectivity index (χ2v) is 10.3. The van der Waals surface area contributed by atoms with Crippen LogP contribution < -0.4 is 5.32 Å². The second kappa shape index (κ2) is 9.27. The summed E-state index contributed by atoms with van der Waals surface area (Å²) in [5, 5.41) is 2.63. The Balaban J connectivity index is 1.25. The summed E-state index contributed by atoms with van der Waals surface area (Å²) in [4.78, 5) is 16.2. The van der Waals surface area contributed by atoms with E-state index in [1.807, 2.05) is 0 Å². The fourth-order valence-electron chi connectivity index (χ4n) is 4.05. The smallest absolute Gasteiger partial charge is 0.433 e. The molecule has 0 radical (unpaired) electrons. The first-order valence-electron chi connectivity index (χ1n) is 11.1. The number of rotatable bonds is 6. The van der Waals surface area contributed by atoms with Crippen molar-refractivity contribution in [2.24, 2.45) is 0 Å². The van der Waals surface area contributed by atoms with E-state index in [9.17, 15) is 30.8 Å². The third-order valence-electron chi connectivity index (χ3n) is 6.07. The molecule has 1 fully saturated rings. The van der Waals surface area contributed by atoms with Crippen LogP contribution in [0.5, 0.6) is 0 Å². The van der Waals surface area contributed by atoms with Gasteiger partial charge in [-0.3, -0.25) is 9.78 Å². The zero-order chi connectivity index (χ0) is 26.4. The predicted molar refractivity (Wildman–Crippen MR) is 125 cm³/mol. The molecule has 1 aliphatic rings. The summed E-state index contributed by atoms with van der Waals surface area (Å²) in [7, 11) is -4.11. The average Bonchev–Trinajstić information content (AvgIpc) is 3.26. The fraction of sp³-hybridized carbons (Fsp3) is 0.200. The number of fused-ring (bicyclic) bond motifs is 1. The lowest BCUT2D eigenvalue weighted by atomic mass is 10.0. The number of hydrogen-bond donors (Lipinski definition) is 1. The molecule has 1 N–H and O–H groups in total. The van der Waals surface area contributed by atoms with Crippen molar-refractivity contribution in [2.75, 3.05) is 6.54 Å². The summed E-state index contributed by atoms with van der Waals surface area (Å²) in [6, 6.07) is 13.0. The highest BCUT2D eigenvalue weighted by atomic mass is 32.2. The topological polar surface area (TPSA) is 92.5 Å². The molecule has 5 rings (SSSR count). The Labute approximate surface area is 208 Å². The third-order valence-corrected chi connectivity index (χ3v) is 7.84. The molecule has 192 valence electrons. The highest BCUT2D eigenvalue weighted by molar-refractivity contribution is 7.89. The number of carbonyl (C=O) groups excluding carboxylic acids is 1. The van der Waals surface area contributed by atoms with E-state index in [0.717, 1.165) is 28.7 Å². The Hall–Kier alpha value is -3.77. The van der Waals surface area contributed by atoms with Gasteiger partial charge >= 0.3 is 6.18 Å². The Morgan fingerprint density at radius 3 is 2.57 bits per heavy atom. The van der Waals surface area contributed by atoms with Crippen LogP contribution in [0, 0.1) is 5.82 Å². The van der Waals surface area contributed by atoms with Crippen molar-refractivity contribution in [3.63, 3.8) is 0 Å². The van der Waals surface area contributed by atoms with E-state index in [-0.39, 0.29) is 23.8 Å². The molecule has 12 heteroatoms. The number of aromatic nitrogens is 1. The maximum atomic E-state index is 13.5. The summed E-state index contributed by atoms with van der Waals surface area (Å²) < 4.78 is 84.2. The molecular formula is C25H19F4N3O4S. The highest BCUT2D eigenvalue weighted by Crippen LogP contribution is 2.32. The maximum Gasteiger partial charge on any atom is 0.433 e. The molecule has 1 saturated heterocycles. The minimum atomic E-state index is -4.53. The van der Waals surface area contributed by atoms with Crippen molar-refractivity contribution in [3.8, 4) is 11.1 Å². The van der Waals surface area contributed by atoms with Gasteiger partial charge in [0, 0.05) is 36.3 Å². The van der Waals surface area contributed by atoms with Gasteiger partial charge in [-0.25, -0.2) is 12.8 Å². The molecule has 37 heavy (non-hydrogen) atoms. The zero-order valence-corrected chi connectivity index (χ0v) is 19.8. The minimum absolute atomic E-state index is 0.0784. The van der Waals surface area contributed by atoms with E-state index < -0.39 is 39.7 Å². The van der Waals surface area contributed by atoms with Gasteiger partial charge in [0.15, 0.2) is 0 Å². The number of furan rings is 1. The van der Waals surface area contributed by atoms with Crippen molar-refractivity contribution >= 4 is 26.9 Å². The molecule has 0 unspecified atom stereocenters. The summed E-state index contributed by atoms with van der Waals surface area (Å²) >= 11 is 0. The molecule has 7 nitrogen and oxygen atoms in total. The van der Waals surface area contributed by atoms with Crippen molar-refractivity contribution in [2.45, 2.75) is 30.3 Å². The molecule has 2 aromatic carbocycles. The molecule has 0 bridgehead atoms. The summed E-state index contributed by atoms with van der Waals surface area (Å²) in [5.41, 5.74) is 0.975. The molecule has 0 aliphatic carbocycles. The van der Waals surface area contributed by atoms with Crippen LogP contribution in [0.2, 0.25) is 0 Å². The van der Waals surface area contributed by atoms with Crippen molar-refractivity contribution in [3.05, 3.63) is 83.9 Å². The number of pyridine rings is 1. The van der Waals surface area contributed by atoms with E-state index in [2.05, 4.69) is 10.3 Å². The number of carbonyl (C=O) groups is 1. The largest absolute Gasteiger partial charge is 0.443 e. The molecule has 1 amide bonds. The molecule has 1 aliphatic heterocycles. The van der Waals surface area contributed by atoms with Gasteiger partial charge in [0.1, 0.15) is 23.1 Å². The number of nitrogens with one attached hydrogen (secondary N) is 1. The molecule has 0 spiro atoms. The lowest BCUT2D eigenvalue weighted by molar-refractivity contribution is -0.141. The number of alkyl halides is 3. The number of nitrogens with zero attached hydrogens (tertiary/aromatic N) is 2. The number of hydrogen-bond acceptors (Lipinski definition) is 5. The van der Waals surface area contributed by atoms with Gasteiger partial charge in [0.25, 0.3) is 10.0 Å². The van der Waals surface area contributed by atoms with Crippen LogP contribution in [-0.4, -0.2) is 36.2 Å². The van der Waals surface area contributed by atoms with Gasteiger partial charge in [-0.15, -0.1) is 0 Å². The van der Waals surface area contributed by atoms with E-state index in [1.54, 1.807) is 24.3 Å². The van der Waals surface area contributed by atoms with Crippen LogP contribution in [0.3, 0.4) is 0 Å². The minimum Gasteiger partial charge on any atom is -0.443 e. The Kier molecular flexibility index (Phi) is 6.24. The second-order valence-electron chi connectivity index (χ2n) is 8.52. The third kappa shape index (κ3) is 4.94. The number of benzene rings is 2. The molecular weight excluding hydrogens is 514 g/mol. The Morgan fingerprint density at radius 2 is 1.89 bits per heavy atom. The van der Waals surface area contributed by atoms with Crippen molar-refractivity contribution < 1.29 is 35.2 Å². The van der Waals surface area contributed by atoms with Gasteiger partial charge in [0.05, 0.1) is 0 Å². The van der Waals surface area contributed by atoms with Crippen LogP contribution in [0.25, 0.3) is 22.1 Å². The van der Waals surface area contributed by atoms with E-state index in [4.69, 9.17) is 4.42 Å². The first-order chi connectivity index (χ1) is 17.5. The molecule has 0 saturated carbocycles. The zero-order valence-electron chi connectivity index (χ0n) is 19.0. The van der Waals surface area contributed by atoms with Crippen molar-refractivity contribution in [1.82, 2.24) is 14.6 Å². The number of sulfonamides is 1. The normalized spacial score (nSPS) is 16.5. The van der Waals surface area contributed by atoms with Gasteiger partial charge in [-0.2, -0.15) is 17.5 Å². The Morgan fingerprint density at radius 1 is 1.08 bits per heavy atom. The maximum absolute atomic E-state index is 13.5. The number of halogens is 4. The first-order valence-corrected chi connectivity index (χ1v) is 12.6. The van der Waals surface area contributed by atoms with Crippen LogP contribution in [0.15, 0.2) is 76.4 Å². The summed E-state index contributed by atoms with van der Waals surface area (Å²) in [6.07, 6.45) is -3.09. The lowest BCUT2D eigenvalue weighted by Crippen LogP contribution is -2.57. The van der Waals surface area contributed by atoms with E-state index >= 15 is 0 Å². The van der Waals surface area contributed by atoms with Crippen LogP contribution in [-0.2, 0) is 27.5 Å². The molecule has 3 heterocycles. The van der Waals surface area contributed by atoms with Gasteiger partial charge in [-0.05, 0) is 47.9 Å². The summed E-state index contributed by atoms with van der Waals surface area (Å²) in [6.45, 7) is 0.206. The molecule has 2 aromatic heterocycles. The van der Waals surface area contributed by atoms with Gasteiger partial charge in [-0.1, -0.05) is 24.3 Å². The van der Waals surface area contributed by atoms with Crippen LogP contribution in [0.1, 0.15) is 17.7 Å². The van der Waals surface area contributed by atoms with Gasteiger partial charge < -0.3 is 9.73 Å². The van der Waals surface area contributed by atoms with E-state index in [0.29, 0.717) is 28.5 Å². The quantitative estimate of drug-likeness (QED) is 0.362. The molecule has 4 aromatic rings. The highest BCUT2D eigenvalue weighted by Gasteiger charge is 2.44. The van der Waals surface area contributed by atoms with Crippen molar-refractivity contribution in [1.29, 1.82) is 0 Å². The van der Waals surface area contributed by atoms with E-state index in [1.165, 1.54) is 18.2 Å². The van der Waals surface area contributed by atoms with Crippen LogP contribution in [0.4, 0.5) is 17.6 Å². The summed E-state index contributed by atoms with van der Waals surface area (Å²) in [5.74, 6) is -1.03. The van der Waals surface area contributed by atoms with Gasteiger partial charge in [0.2, 0.25) is 11.0 Å². The molecule has 1 atom stereocenters. The Bertz CT molecular complexity index is 1580. The average molecular weight is 534 g/mol. The SMILES string of the molecule is O=C(NCc1cccc(-c2ccc(C(F)(F)F)nc2)c1)[C@@H]1CCN1S(=O)(=O)c1cc2cc(F)ccc2o1. The lowest BCUT2D eigenvalue weighted by Gasteiger charge is -2.37. The number of amides is 1. The first kappa shape index (κ1) is 24.9. The monoisotopic (exact) mass is 533 g/mol. The van der Waals surface area contributed by atoms with Crippen LogP contribution >= 0.6 is 0 Å². The fourth-order valence-corrected chi connectivity index (χ4v) is 5.63. The predicted octanol–water partition coefficient (Wildman–Crippen LogP) is 4.73. The standard InChI is InChI=1S/C25H19F4N3O4S/c26-19-5-6-21-18(11-19)12-23(36-21)37(34,35)32-9-8-20(32)24(33)31-13-15-2-1-3-16(10-15)17-4-7-22(30-14-17)25(27,28)29/h1-7,10-12,14,20H,8-9,13H2,(H,31,33)/t20-/m0/s1.